The average molecular weight is 323 g/mol. The van der Waals surface area contributed by atoms with Crippen LogP contribution >= 0.6 is 31.9 Å². The molecule has 14 heavy (non-hydrogen) atoms. The molecule has 78 valence electrons. The van der Waals surface area contributed by atoms with Crippen molar-refractivity contribution >= 4 is 37.5 Å². The molecule has 0 saturated heterocycles. The minimum Gasteiger partial charge on any atom is -0.383 e. The minimum atomic E-state index is 0.297. The Hall–Kier alpha value is -0.0600. The highest BCUT2D eigenvalue weighted by atomic mass is 79.9. The summed E-state index contributed by atoms with van der Waals surface area (Å²) in [6.45, 7) is 2.77. The Morgan fingerprint density at radius 1 is 1.43 bits per heavy atom. The van der Waals surface area contributed by atoms with Crippen molar-refractivity contribution in [1.29, 1.82) is 0 Å². The summed E-state index contributed by atoms with van der Waals surface area (Å²) >= 11 is 6.92. The summed E-state index contributed by atoms with van der Waals surface area (Å²) in [5.74, 6) is 0. The van der Waals surface area contributed by atoms with Gasteiger partial charge in [-0.3, -0.25) is 0 Å². The number of anilines is 1. The zero-order valence-corrected chi connectivity index (χ0v) is 11.4. The predicted octanol–water partition coefficient (Wildman–Crippen LogP) is 3.66. The van der Waals surface area contributed by atoms with Gasteiger partial charge in [-0.2, -0.15) is 0 Å². The Morgan fingerprint density at radius 2 is 2.14 bits per heavy atom. The van der Waals surface area contributed by atoms with Gasteiger partial charge in [-0.05, 0) is 41.1 Å². The number of halogens is 2. The van der Waals surface area contributed by atoms with E-state index in [2.05, 4.69) is 44.1 Å². The van der Waals surface area contributed by atoms with Crippen LogP contribution in [0.2, 0.25) is 0 Å². The highest BCUT2D eigenvalue weighted by molar-refractivity contribution is 9.11. The van der Waals surface area contributed by atoms with Gasteiger partial charge >= 0.3 is 0 Å². The maximum atomic E-state index is 5.06. The van der Waals surface area contributed by atoms with Gasteiger partial charge in [0.15, 0.2) is 0 Å². The van der Waals surface area contributed by atoms with Gasteiger partial charge in [0.1, 0.15) is 0 Å². The van der Waals surface area contributed by atoms with Crippen LogP contribution in [0.1, 0.15) is 6.92 Å². The third-order valence-corrected chi connectivity index (χ3v) is 2.93. The first kappa shape index (κ1) is 12.0. The van der Waals surface area contributed by atoms with Crippen LogP contribution in [0.5, 0.6) is 0 Å². The van der Waals surface area contributed by atoms with E-state index in [9.17, 15) is 0 Å². The lowest BCUT2D eigenvalue weighted by molar-refractivity contribution is 0.190. The van der Waals surface area contributed by atoms with E-state index in [-0.39, 0.29) is 0 Å². The van der Waals surface area contributed by atoms with E-state index in [4.69, 9.17) is 4.74 Å². The van der Waals surface area contributed by atoms with Crippen LogP contribution in [-0.2, 0) is 4.74 Å². The minimum absolute atomic E-state index is 0.297. The van der Waals surface area contributed by atoms with Crippen LogP contribution in [0.3, 0.4) is 0 Å². The van der Waals surface area contributed by atoms with Crippen LogP contribution in [0.25, 0.3) is 0 Å². The number of ether oxygens (including phenoxy) is 1. The number of hydrogen-bond acceptors (Lipinski definition) is 2. The third kappa shape index (κ3) is 3.59. The van der Waals surface area contributed by atoms with Gasteiger partial charge in [0.05, 0.1) is 6.61 Å². The second-order valence-corrected chi connectivity index (χ2v) is 4.89. The Labute approximate surface area is 101 Å². The van der Waals surface area contributed by atoms with Crippen molar-refractivity contribution in [3.8, 4) is 0 Å². The maximum absolute atomic E-state index is 5.06. The van der Waals surface area contributed by atoms with Gasteiger partial charge in [-0.1, -0.05) is 15.9 Å². The van der Waals surface area contributed by atoms with Crippen LogP contribution < -0.4 is 5.32 Å². The molecule has 0 spiro atoms. The fraction of sp³-hybridized carbons (Fsp3) is 0.400. The normalized spacial score (nSPS) is 12.6. The zero-order chi connectivity index (χ0) is 10.6. The molecular formula is C10H13Br2NO. The molecule has 1 aromatic carbocycles. The molecule has 1 atom stereocenters. The van der Waals surface area contributed by atoms with Crippen LogP contribution in [0.4, 0.5) is 5.69 Å². The summed E-state index contributed by atoms with van der Waals surface area (Å²) < 4.78 is 7.18. The van der Waals surface area contributed by atoms with Crippen LogP contribution in [0.15, 0.2) is 27.1 Å². The lowest BCUT2D eigenvalue weighted by Gasteiger charge is -2.15. The zero-order valence-electron chi connectivity index (χ0n) is 8.18. The number of hydrogen-bond donors (Lipinski definition) is 1. The van der Waals surface area contributed by atoms with Crippen molar-refractivity contribution in [1.82, 2.24) is 0 Å². The molecule has 1 unspecified atom stereocenters. The second kappa shape index (κ2) is 5.73. The van der Waals surface area contributed by atoms with Crippen LogP contribution in [0, 0.1) is 0 Å². The van der Waals surface area contributed by atoms with E-state index in [1.165, 1.54) is 0 Å². The summed E-state index contributed by atoms with van der Waals surface area (Å²) in [5, 5.41) is 3.35. The van der Waals surface area contributed by atoms with E-state index in [1.807, 2.05) is 18.2 Å². The van der Waals surface area contributed by atoms with E-state index < -0.39 is 0 Å². The van der Waals surface area contributed by atoms with Crippen molar-refractivity contribution in [3.05, 3.63) is 27.1 Å². The molecule has 0 fully saturated rings. The highest BCUT2D eigenvalue weighted by Gasteiger charge is 2.04. The number of methoxy groups -OCH3 is 1. The molecule has 0 amide bonds. The molecule has 0 aliphatic rings. The molecule has 0 aliphatic heterocycles. The van der Waals surface area contributed by atoms with E-state index in [0.29, 0.717) is 12.6 Å². The van der Waals surface area contributed by atoms with Gasteiger partial charge in [-0.15, -0.1) is 0 Å². The summed E-state index contributed by atoms with van der Waals surface area (Å²) in [4.78, 5) is 0. The van der Waals surface area contributed by atoms with Gasteiger partial charge in [0.2, 0.25) is 0 Å². The fourth-order valence-corrected chi connectivity index (χ4v) is 1.89. The summed E-state index contributed by atoms with van der Waals surface area (Å²) in [7, 11) is 1.70. The smallest absolute Gasteiger partial charge is 0.0661 e. The largest absolute Gasteiger partial charge is 0.383 e. The molecule has 1 N–H and O–H groups in total. The third-order valence-electron chi connectivity index (χ3n) is 1.75. The molecule has 1 rings (SSSR count). The maximum Gasteiger partial charge on any atom is 0.0661 e. The molecule has 0 radical (unpaired) electrons. The van der Waals surface area contributed by atoms with Gasteiger partial charge in [-0.25, -0.2) is 0 Å². The summed E-state index contributed by atoms with van der Waals surface area (Å²) in [6, 6.07) is 6.34. The SMILES string of the molecule is COCC(C)Nc1cc(Br)ccc1Br. The van der Waals surface area contributed by atoms with Crippen molar-refractivity contribution < 1.29 is 4.74 Å². The van der Waals surface area contributed by atoms with Gasteiger partial charge < -0.3 is 10.1 Å². The lowest BCUT2D eigenvalue weighted by atomic mass is 10.3. The molecule has 0 aliphatic carbocycles. The van der Waals surface area contributed by atoms with E-state index in [0.717, 1.165) is 14.6 Å². The Balaban J connectivity index is 2.70. The Morgan fingerprint density at radius 3 is 2.79 bits per heavy atom. The summed E-state index contributed by atoms with van der Waals surface area (Å²) in [6.07, 6.45) is 0. The number of rotatable bonds is 4. The topological polar surface area (TPSA) is 21.3 Å². The second-order valence-electron chi connectivity index (χ2n) is 3.12. The molecular weight excluding hydrogens is 310 g/mol. The molecule has 2 nitrogen and oxygen atoms in total. The molecule has 0 heterocycles. The van der Waals surface area contributed by atoms with Gasteiger partial charge in [0.25, 0.3) is 0 Å². The van der Waals surface area contributed by atoms with Crippen LogP contribution in [-0.4, -0.2) is 19.8 Å². The Bertz CT molecular complexity index is 304. The first-order valence-electron chi connectivity index (χ1n) is 4.34. The Kier molecular flexibility index (Phi) is 4.92. The predicted molar refractivity (Wildman–Crippen MR) is 66.8 cm³/mol. The van der Waals surface area contributed by atoms with Gasteiger partial charge in [0, 0.05) is 27.8 Å². The first-order chi connectivity index (χ1) is 6.63. The van der Waals surface area contributed by atoms with Crippen molar-refractivity contribution in [3.63, 3.8) is 0 Å². The first-order valence-corrected chi connectivity index (χ1v) is 5.92. The quantitative estimate of drug-likeness (QED) is 0.913. The molecule has 0 aromatic heterocycles. The van der Waals surface area contributed by atoms with Crippen molar-refractivity contribution in [2.75, 3.05) is 19.0 Å². The number of nitrogens with one attached hydrogen (secondary N) is 1. The van der Waals surface area contributed by atoms with Crippen molar-refractivity contribution in [2.24, 2.45) is 0 Å². The summed E-state index contributed by atoms with van der Waals surface area (Å²) in [5.41, 5.74) is 1.07. The van der Waals surface area contributed by atoms with E-state index >= 15 is 0 Å². The molecule has 4 heteroatoms. The average Bonchev–Trinajstić information content (AvgIpc) is 2.12. The monoisotopic (exact) mass is 321 g/mol. The lowest BCUT2D eigenvalue weighted by Crippen LogP contribution is -2.20. The molecule has 0 bridgehead atoms. The highest BCUT2D eigenvalue weighted by Crippen LogP contribution is 2.26. The standard InChI is InChI=1S/C10H13Br2NO/c1-7(6-14-2)13-10-5-8(11)3-4-9(10)12/h3-5,7,13H,6H2,1-2H3. The fourth-order valence-electron chi connectivity index (χ4n) is 1.17. The molecule has 1 aromatic rings. The molecule has 0 saturated carbocycles. The van der Waals surface area contributed by atoms with E-state index in [1.54, 1.807) is 7.11 Å². The van der Waals surface area contributed by atoms with Crippen molar-refractivity contribution in [2.45, 2.75) is 13.0 Å². The number of benzene rings is 1.